The third-order valence-electron chi connectivity index (χ3n) is 7.73. The van der Waals surface area contributed by atoms with E-state index in [1.807, 2.05) is 0 Å². The van der Waals surface area contributed by atoms with Gasteiger partial charge < -0.3 is 30.6 Å². The van der Waals surface area contributed by atoms with E-state index in [-0.39, 0.29) is 11.4 Å². The van der Waals surface area contributed by atoms with Crippen LogP contribution < -0.4 is 11.1 Å². The van der Waals surface area contributed by atoms with E-state index in [0.29, 0.717) is 29.9 Å². The van der Waals surface area contributed by atoms with Crippen molar-refractivity contribution < 1.29 is 19.7 Å². The van der Waals surface area contributed by atoms with Gasteiger partial charge in [-0.1, -0.05) is 0 Å². The van der Waals surface area contributed by atoms with Crippen LogP contribution in [-0.2, 0) is 9.53 Å². The number of nitrogen functional groups attached to an aromatic ring is 1. The van der Waals surface area contributed by atoms with Gasteiger partial charge in [-0.25, -0.2) is 9.97 Å². The fraction of sp³-hybridized carbons (Fsp3) is 0.682. The number of aliphatic hydroxyl groups is 2. The Bertz CT molecular complexity index is 1010. The zero-order valence-electron chi connectivity index (χ0n) is 18.9. The van der Waals surface area contributed by atoms with E-state index in [1.54, 1.807) is 23.9 Å². The molecule has 3 fully saturated rings. The van der Waals surface area contributed by atoms with Gasteiger partial charge in [-0.05, 0) is 38.3 Å². The van der Waals surface area contributed by atoms with Crippen LogP contribution in [0.25, 0.3) is 11.0 Å². The molecule has 0 radical (unpaired) electrons. The van der Waals surface area contributed by atoms with Gasteiger partial charge in [0.15, 0.2) is 6.23 Å². The van der Waals surface area contributed by atoms with Crippen molar-refractivity contribution in [1.82, 2.24) is 29.7 Å². The lowest BCUT2D eigenvalue weighted by molar-refractivity contribution is -0.122. The van der Waals surface area contributed by atoms with E-state index in [4.69, 9.17) is 10.5 Å². The zero-order valence-corrected chi connectivity index (χ0v) is 18.9. The molecule has 1 amide bonds. The topological polar surface area (TPSA) is 142 Å². The molecule has 33 heavy (non-hydrogen) atoms. The van der Waals surface area contributed by atoms with Crippen LogP contribution >= 0.6 is 0 Å². The van der Waals surface area contributed by atoms with Crippen molar-refractivity contribution in [3.63, 3.8) is 0 Å². The lowest BCUT2D eigenvalue weighted by atomic mass is 9.84. The van der Waals surface area contributed by atoms with Gasteiger partial charge >= 0.3 is 0 Å². The number of aromatic nitrogens is 3. The fourth-order valence-electron chi connectivity index (χ4n) is 5.78. The monoisotopic (exact) mass is 459 g/mol. The number of carbonyl (C=O) groups excluding carboxylic acids is 1. The molecular formula is C22H33N7O4. The van der Waals surface area contributed by atoms with E-state index in [0.717, 1.165) is 45.3 Å². The lowest BCUT2D eigenvalue weighted by Crippen LogP contribution is -2.55. The number of hydrogen-bond donors (Lipinski definition) is 4. The first kappa shape index (κ1) is 22.5. The van der Waals surface area contributed by atoms with Crippen molar-refractivity contribution >= 4 is 22.8 Å². The Morgan fingerprint density at radius 3 is 2.79 bits per heavy atom. The minimum Gasteiger partial charge on any atom is -0.387 e. The van der Waals surface area contributed by atoms with Crippen LogP contribution in [0.5, 0.6) is 0 Å². The van der Waals surface area contributed by atoms with Crippen LogP contribution in [0.15, 0.2) is 18.6 Å². The van der Waals surface area contributed by atoms with Gasteiger partial charge in [-0.3, -0.25) is 14.6 Å². The number of piperidine rings is 1. The van der Waals surface area contributed by atoms with Crippen molar-refractivity contribution in [2.45, 2.75) is 55.8 Å². The maximum atomic E-state index is 11.7. The summed E-state index contributed by atoms with van der Waals surface area (Å²) in [5.41, 5.74) is 6.57. The van der Waals surface area contributed by atoms with Crippen LogP contribution in [0, 0.1) is 0 Å². The molecule has 3 aliphatic heterocycles. The highest BCUT2D eigenvalue weighted by atomic mass is 16.6. The number of likely N-dealkylation sites (N-methyl/N-ethyl adjacent to an activating group) is 1. The predicted octanol–water partition coefficient (Wildman–Crippen LogP) is -0.691. The molecule has 2 aromatic heterocycles. The Morgan fingerprint density at radius 1 is 1.24 bits per heavy atom. The minimum atomic E-state index is -1.07. The maximum Gasteiger partial charge on any atom is 0.233 e. The zero-order chi connectivity index (χ0) is 23.2. The second-order valence-electron chi connectivity index (χ2n) is 9.49. The number of anilines is 1. The number of rotatable bonds is 5. The highest BCUT2D eigenvalue weighted by Gasteiger charge is 2.49. The van der Waals surface area contributed by atoms with Gasteiger partial charge in [-0.15, -0.1) is 0 Å². The highest BCUT2D eigenvalue weighted by Crippen LogP contribution is 2.40. The average Bonchev–Trinajstić information content (AvgIpc) is 3.49. The normalized spacial score (nSPS) is 30.4. The van der Waals surface area contributed by atoms with E-state index in [2.05, 4.69) is 25.1 Å². The molecule has 5 N–H and O–H groups in total. The Labute approximate surface area is 192 Å². The number of carbonyl (C=O) groups is 1. The largest absolute Gasteiger partial charge is 0.387 e. The number of hydrogen-bond acceptors (Lipinski definition) is 9. The first-order valence-electron chi connectivity index (χ1n) is 11.7. The van der Waals surface area contributed by atoms with Crippen LogP contribution in [0.2, 0.25) is 0 Å². The Hall–Kier alpha value is -2.31. The summed E-state index contributed by atoms with van der Waals surface area (Å²) in [6.45, 7) is 3.68. The lowest BCUT2D eigenvalue weighted by Gasteiger charge is -2.45. The number of nitrogens with zero attached hydrogens (tertiary/aromatic N) is 5. The van der Waals surface area contributed by atoms with Crippen molar-refractivity contribution in [2.24, 2.45) is 0 Å². The Kier molecular flexibility index (Phi) is 6.00. The number of amides is 1. The van der Waals surface area contributed by atoms with Gasteiger partial charge in [-0.2, -0.15) is 0 Å². The summed E-state index contributed by atoms with van der Waals surface area (Å²) in [5.74, 6) is 0.409. The molecule has 5 heterocycles. The fourth-order valence-corrected chi connectivity index (χ4v) is 5.78. The number of nitrogens with two attached hydrogens (primary N) is 1. The first-order valence-corrected chi connectivity index (χ1v) is 11.7. The molecule has 11 nitrogen and oxygen atoms in total. The molecule has 3 aliphatic rings. The molecule has 0 saturated carbocycles. The predicted molar refractivity (Wildman–Crippen MR) is 121 cm³/mol. The number of likely N-dealkylation sites (tertiary alicyclic amines) is 2. The number of ether oxygens (including phenoxy) is 1. The molecule has 4 atom stereocenters. The van der Waals surface area contributed by atoms with Gasteiger partial charge in [0.05, 0.1) is 11.9 Å². The van der Waals surface area contributed by atoms with Gasteiger partial charge in [0.2, 0.25) is 5.91 Å². The third-order valence-corrected chi connectivity index (χ3v) is 7.73. The average molecular weight is 460 g/mol. The highest BCUT2D eigenvalue weighted by molar-refractivity contribution is 5.86. The SMILES string of the molecule is CNC(=O)CN1CCC2(CCCN2C[C@H]2O[C@@H](n3ccc4c(N)ncnc43)[C@H](O)[C@@H]2O)CC1. The number of aliphatic hydroxyl groups excluding tert-OH is 2. The molecule has 0 aromatic carbocycles. The second-order valence-corrected chi connectivity index (χ2v) is 9.49. The van der Waals surface area contributed by atoms with Crippen molar-refractivity contribution in [2.75, 3.05) is 45.5 Å². The van der Waals surface area contributed by atoms with Crippen LogP contribution in [0.1, 0.15) is 31.9 Å². The summed E-state index contributed by atoms with van der Waals surface area (Å²) < 4.78 is 7.94. The minimum absolute atomic E-state index is 0.0429. The first-order chi connectivity index (χ1) is 15.9. The molecule has 0 aliphatic carbocycles. The summed E-state index contributed by atoms with van der Waals surface area (Å²) in [6.07, 6.45) is 3.98. The smallest absolute Gasteiger partial charge is 0.233 e. The molecular weight excluding hydrogens is 426 g/mol. The van der Waals surface area contributed by atoms with Crippen LogP contribution in [0.4, 0.5) is 5.82 Å². The third kappa shape index (κ3) is 3.97. The van der Waals surface area contributed by atoms with Gasteiger partial charge in [0, 0.05) is 38.4 Å². The van der Waals surface area contributed by atoms with Crippen molar-refractivity contribution in [1.29, 1.82) is 0 Å². The van der Waals surface area contributed by atoms with E-state index >= 15 is 0 Å². The summed E-state index contributed by atoms with van der Waals surface area (Å²) >= 11 is 0. The van der Waals surface area contributed by atoms with Gasteiger partial charge in [0.25, 0.3) is 0 Å². The van der Waals surface area contributed by atoms with E-state index < -0.39 is 24.5 Å². The molecule has 0 bridgehead atoms. The summed E-state index contributed by atoms with van der Waals surface area (Å²) in [7, 11) is 1.67. The molecule has 2 aromatic rings. The quantitative estimate of drug-likeness (QED) is 0.457. The molecule has 1 spiro atoms. The molecule has 0 unspecified atom stereocenters. The van der Waals surface area contributed by atoms with Crippen molar-refractivity contribution in [3.05, 3.63) is 18.6 Å². The van der Waals surface area contributed by atoms with E-state index in [9.17, 15) is 15.0 Å². The van der Waals surface area contributed by atoms with Crippen molar-refractivity contribution in [3.8, 4) is 0 Å². The molecule has 5 rings (SSSR count). The number of fused-ring (bicyclic) bond motifs is 1. The summed E-state index contributed by atoms with van der Waals surface area (Å²) in [5, 5.41) is 25.0. The molecule has 11 heteroatoms. The Morgan fingerprint density at radius 2 is 2.03 bits per heavy atom. The molecule has 180 valence electrons. The van der Waals surface area contributed by atoms with Gasteiger partial charge in [0.1, 0.15) is 36.1 Å². The maximum absolute atomic E-state index is 11.7. The Balaban J connectivity index is 1.27. The van der Waals surface area contributed by atoms with Crippen LogP contribution in [-0.4, -0.2) is 104 Å². The summed E-state index contributed by atoms with van der Waals surface area (Å²) in [4.78, 5) is 24.7. The standard InChI is InChI=1S/C22H33N7O4/c1-24-16(30)12-27-9-5-22(6-10-27)4-2-7-28(22)11-15-17(31)18(32)21(33-15)29-8-3-14-19(23)25-13-26-20(14)29/h3,8,13,15,17-18,21,31-32H,2,4-7,9-12H2,1H3,(H,24,30)(H2,23,25,26)/t15-,17-,18-,21-/m1/s1. The number of nitrogens with one attached hydrogen (secondary N) is 1. The van der Waals surface area contributed by atoms with E-state index in [1.165, 1.54) is 6.33 Å². The summed E-state index contributed by atoms with van der Waals surface area (Å²) in [6, 6.07) is 1.79. The molecule has 3 saturated heterocycles. The van der Waals surface area contributed by atoms with Crippen LogP contribution in [0.3, 0.4) is 0 Å². The second kappa shape index (κ2) is 8.80.